The first-order chi connectivity index (χ1) is 12.6. The number of hydrazone groups is 1. The second kappa shape index (κ2) is 5.19. The molecule has 6 heteroatoms. The van der Waals surface area contributed by atoms with Gasteiger partial charge in [-0.2, -0.15) is 10.1 Å². The van der Waals surface area contributed by atoms with Crippen LogP contribution in [0.3, 0.4) is 0 Å². The van der Waals surface area contributed by atoms with Gasteiger partial charge in [-0.05, 0) is 42.2 Å². The van der Waals surface area contributed by atoms with Crippen molar-refractivity contribution in [1.82, 2.24) is 5.01 Å². The van der Waals surface area contributed by atoms with Gasteiger partial charge in [0.15, 0.2) is 0 Å². The molecule has 1 aliphatic heterocycles. The summed E-state index contributed by atoms with van der Waals surface area (Å²) in [7, 11) is 3.14. The van der Waals surface area contributed by atoms with E-state index in [2.05, 4.69) is 17.3 Å². The molecule has 4 aliphatic rings. The molecule has 1 aromatic carbocycles. The van der Waals surface area contributed by atoms with Gasteiger partial charge in [-0.1, -0.05) is 12.2 Å². The van der Waals surface area contributed by atoms with E-state index >= 15 is 0 Å². The maximum atomic E-state index is 12.9. The number of imide groups is 1. The molecule has 26 heavy (non-hydrogen) atoms. The fraction of sp³-hybridized carbons (Fsp3) is 0.450. The van der Waals surface area contributed by atoms with Gasteiger partial charge < -0.3 is 9.47 Å². The Bertz CT molecular complexity index is 837. The maximum Gasteiger partial charge on any atom is 0.254 e. The molecule has 3 fully saturated rings. The Labute approximate surface area is 151 Å². The fourth-order valence-corrected chi connectivity index (χ4v) is 5.22. The summed E-state index contributed by atoms with van der Waals surface area (Å²) in [6.45, 7) is 0. The van der Waals surface area contributed by atoms with Gasteiger partial charge in [-0.15, -0.1) is 0 Å². The van der Waals surface area contributed by atoms with Crippen molar-refractivity contribution in [2.45, 2.75) is 12.8 Å². The molecule has 1 saturated heterocycles. The first-order valence-corrected chi connectivity index (χ1v) is 8.93. The maximum absolute atomic E-state index is 12.9. The molecule has 4 unspecified atom stereocenters. The number of amides is 2. The summed E-state index contributed by atoms with van der Waals surface area (Å²) in [5.74, 6) is 0.892. The van der Waals surface area contributed by atoms with Gasteiger partial charge in [0.05, 0.1) is 32.3 Å². The van der Waals surface area contributed by atoms with Gasteiger partial charge in [0.2, 0.25) is 0 Å². The molecule has 4 atom stereocenters. The quantitative estimate of drug-likeness (QED) is 0.473. The largest absolute Gasteiger partial charge is 0.497 e. The van der Waals surface area contributed by atoms with Gasteiger partial charge in [0.25, 0.3) is 11.8 Å². The predicted octanol–water partition coefficient (Wildman–Crippen LogP) is 2.23. The molecule has 3 aliphatic carbocycles. The Kier molecular flexibility index (Phi) is 3.12. The summed E-state index contributed by atoms with van der Waals surface area (Å²) in [4.78, 5) is 25.8. The van der Waals surface area contributed by atoms with Gasteiger partial charge in [0, 0.05) is 11.6 Å². The third kappa shape index (κ3) is 1.84. The smallest absolute Gasteiger partial charge is 0.254 e. The van der Waals surface area contributed by atoms with Crippen LogP contribution in [0.1, 0.15) is 18.4 Å². The van der Waals surface area contributed by atoms with Crippen LogP contribution in [0.4, 0.5) is 0 Å². The summed E-state index contributed by atoms with van der Waals surface area (Å²) in [5.41, 5.74) is 0.890. The van der Waals surface area contributed by atoms with Crippen LogP contribution in [0, 0.1) is 29.1 Å². The third-order valence-corrected chi connectivity index (χ3v) is 6.58. The molecule has 1 heterocycles. The topological polar surface area (TPSA) is 68.2 Å². The lowest BCUT2D eigenvalue weighted by Crippen LogP contribution is -2.30. The summed E-state index contributed by atoms with van der Waals surface area (Å²) < 4.78 is 10.5. The predicted molar refractivity (Wildman–Crippen MR) is 93.8 cm³/mol. The van der Waals surface area contributed by atoms with Crippen molar-refractivity contribution in [2.75, 3.05) is 14.2 Å². The van der Waals surface area contributed by atoms with Crippen molar-refractivity contribution >= 4 is 18.0 Å². The number of hydrogen-bond acceptors (Lipinski definition) is 5. The number of benzene rings is 1. The number of carbonyl (C=O) groups excluding carboxylic acids is 2. The highest BCUT2D eigenvalue weighted by molar-refractivity contribution is 6.07. The molecule has 5 rings (SSSR count). The molecule has 2 amide bonds. The van der Waals surface area contributed by atoms with Crippen LogP contribution in [-0.2, 0) is 9.59 Å². The molecule has 0 N–H and O–H groups in total. The van der Waals surface area contributed by atoms with E-state index in [1.54, 1.807) is 32.4 Å². The molecule has 2 bridgehead atoms. The van der Waals surface area contributed by atoms with Crippen LogP contribution in [0.2, 0.25) is 0 Å². The Morgan fingerprint density at radius 1 is 1.08 bits per heavy atom. The molecular weight excluding hydrogens is 332 g/mol. The summed E-state index contributed by atoms with van der Waals surface area (Å²) in [6, 6.07) is 5.31. The van der Waals surface area contributed by atoms with Crippen molar-refractivity contribution in [1.29, 1.82) is 0 Å². The van der Waals surface area contributed by atoms with Crippen LogP contribution in [0.25, 0.3) is 0 Å². The van der Waals surface area contributed by atoms with E-state index in [4.69, 9.17) is 9.47 Å². The Balaban J connectivity index is 1.42. The number of allylic oxidation sites excluding steroid dienone is 2. The average molecular weight is 352 g/mol. The minimum absolute atomic E-state index is 0.160. The highest BCUT2D eigenvalue weighted by atomic mass is 16.5. The Hall–Kier alpha value is -2.63. The normalized spacial score (nSPS) is 32.8. The van der Waals surface area contributed by atoms with Crippen molar-refractivity contribution < 1.29 is 19.1 Å². The second-order valence-corrected chi connectivity index (χ2v) is 7.56. The van der Waals surface area contributed by atoms with Crippen molar-refractivity contribution in [3.05, 3.63) is 35.9 Å². The first kappa shape index (κ1) is 15.6. The van der Waals surface area contributed by atoms with Gasteiger partial charge in [0.1, 0.15) is 11.5 Å². The van der Waals surface area contributed by atoms with E-state index in [1.165, 1.54) is 6.21 Å². The van der Waals surface area contributed by atoms with Crippen molar-refractivity contribution in [3.8, 4) is 11.5 Å². The van der Waals surface area contributed by atoms with Crippen molar-refractivity contribution in [3.63, 3.8) is 0 Å². The Morgan fingerprint density at radius 2 is 1.73 bits per heavy atom. The highest BCUT2D eigenvalue weighted by Gasteiger charge is 2.73. The van der Waals surface area contributed by atoms with Gasteiger partial charge >= 0.3 is 0 Å². The SMILES string of the molecule is COc1ccc(C=NN2C(=O)C3C(C2=O)C2C=CC3C23CC3)c(OC)c1. The first-order valence-electron chi connectivity index (χ1n) is 8.93. The molecule has 2 saturated carbocycles. The lowest BCUT2D eigenvalue weighted by atomic mass is 9.85. The van der Waals surface area contributed by atoms with Gasteiger partial charge in [-0.25, -0.2) is 0 Å². The number of rotatable bonds is 4. The van der Waals surface area contributed by atoms with E-state index in [0.29, 0.717) is 17.1 Å². The number of carbonyl (C=O) groups is 2. The summed E-state index contributed by atoms with van der Waals surface area (Å²) in [6.07, 6.45) is 8.09. The van der Waals surface area contributed by atoms with E-state index < -0.39 is 0 Å². The number of nitrogens with zero attached hydrogens (tertiary/aromatic N) is 2. The fourth-order valence-electron chi connectivity index (χ4n) is 5.22. The number of methoxy groups -OCH3 is 2. The van der Waals surface area contributed by atoms with E-state index in [-0.39, 0.29) is 40.9 Å². The average Bonchev–Trinajstić information content (AvgIpc) is 3.26. The minimum atomic E-state index is -0.227. The van der Waals surface area contributed by atoms with Crippen LogP contribution in [0.5, 0.6) is 11.5 Å². The molecule has 0 aromatic heterocycles. The molecule has 1 aromatic rings. The molecule has 0 radical (unpaired) electrons. The van der Waals surface area contributed by atoms with Crippen molar-refractivity contribution in [2.24, 2.45) is 34.2 Å². The third-order valence-electron chi connectivity index (χ3n) is 6.58. The zero-order chi connectivity index (χ0) is 18.1. The number of ether oxygens (including phenoxy) is 2. The van der Waals surface area contributed by atoms with E-state index in [1.807, 2.05) is 0 Å². The van der Waals surface area contributed by atoms with Crippen LogP contribution < -0.4 is 9.47 Å². The second-order valence-electron chi connectivity index (χ2n) is 7.56. The molecule has 6 nitrogen and oxygen atoms in total. The van der Waals surface area contributed by atoms with Crippen LogP contribution in [0.15, 0.2) is 35.5 Å². The molecule has 1 spiro atoms. The standard InChI is InChI=1S/C20H20N2O4/c1-25-12-4-3-11(15(9-12)26-2)10-21-22-18(23)16-13-5-6-14(17(16)19(22)24)20(13)7-8-20/h3-6,9-10,13-14,16-17H,7-8H2,1-2H3. The lowest BCUT2D eigenvalue weighted by molar-refractivity contribution is -0.141. The minimum Gasteiger partial charge on any atom is -0.497 e. The van der Waals surface area contributed by atoms with E-state index in [0.717, 1.165) is 17.9 Å². The van der Waals surface area contributed by atoms with E-state index in [9.17, 15) is 9.59 Å². The van der Waals surface area contributed by atoms with Gasteiger partial charge in [-0.3, -0.25) is 9.59 Å². The number of hydrogen-bond donors (Lipinski definition) is 0. The number of fused-ring (bicyclic) bond motifs is 3. The monoisotopic (exact) mass is 352 g/mol. The Morgan fingerprint density at radius 3 is 2.27 bits per heavy atom. The molecular formula is C20H20N2O4. The molecule has 134 valence electrons. The summed E-state index contributed by atoms with van der Waals surface area (Å²) in [5, 5.41) is 5.30. The zero-order valence-corrected chi connectivity index (χ0v) is 14.7. The summed E-state index contributed by atoms with van der Waals surface area (Å²) >= 11 is 0. The van der Waals surface area contributed by atoms with Crippen LogP contribution >= 0.6 is 0 Å². The lowest BCUT2D eigenvalue weighted by Gasteiger charge is -2.18. The highest BCUT2D eigenvalue weighted by Crippen LogP contribution is 2.73. The zero-order valence-electron chi connectivity index (χ0n) is 14.7. The van der Waals surface area contributed by atoms with Crippen LogP contribution in [-0.4, -0.2) is 37.3 Å².